The summed E-state index contributed by atoms with van der Waals surface area (Å²) >= 11 is 2.43. The van der Waals surface area contributed by atoms with E-state index in [1.807, 2.05) is 6.08 Å². The highest BCUT2D eigenvalue weighted by molar-refractivity contribution is 14.1. The predicted molar refractivity (Wildman–Crippen MR) is 90.5 cm³/mol. The summed E-state index contributed by atoms with van der Waals surface area (Å²) < 4.78 is 1.11. The summed E-state index contributed by atoms with van der Waals surface area (Å²) in [6.07, 6.45) is 11.0. The summed E-state index contributed by atoms with van der Waals surface area (Å²) in [5.74, 6) is 3.12. The maximum Gasteiger partial charge on any atom is 0.108 e. The van der Waals surface area contributed by atoms with Gasteiger partial charge >= 0.3 is 0 Å². The molecular formula is C17H20IN. The molecule has 0 saturated heterocycles. The van der Waals surface area contributed by atoms with E-state index in [1.165, 1.54) is 11.1 Å². The Balaban J connectivity index is 2.47. The highest BCUT2D eigenvalue weighted by Crippen LogP contribution is 2.38. The molecule has 0 bridgehead atoms. The summed E-state index contributed by atoms with van der Waals surface area (Å²) in [6.45, 7) is 5.96. The second-order valence-electron chi connectivity index (χ2n) is 4.92. The van der Waals surface area contributed by atoms with Gasteiger partial charge in [-0.3, -0.25) is 4.90 Å². The summed E-state index contributed by atoms with van der Waals surface area (Å²) in [6, 6.07) is 8.64. The molecule has 0 saturated carbocycles. The number of halogens is 1. The minimum absolute atomic E-state index is 0.242. The molecule has 2 heteroatoms. The number of alkyl halides is 1. The quantitative estimate of drug-likeness (QED) is 0.332. The van der Waals surface area contributed by atoms with E-state index in [2.05, 4.69) is 64.3 Å². The van der Waals surface area contributed by atoms with Crippen molar-refractivity contribution in [3.05, 3.63) is 48.0 Å². The molecule has 0 spiro atoms. The standard InChI is InChI=1S/C17H20IN/c1-3-5-11-17(4-2)16-9-7-6-8-15(16)10-13-19(17)14-12-18/h2-3,6-9H,1,5,10-14H2. The molecule has 19 heavy (non-hydrogen) atoms. The number of rotatable bonds is 5. The van der Waals surface area contributed by atoms with Crippen LogP contribution >= 0.6 is 22.6 Å². The van der Waals surface area contributed by atoms with E-state index >= 15 is 0 Å². The second kappa shape index (κ2) is 6.58. The monoisotopic (exact) mass is 365 g/mol. The fraction of sp³-hybridized carbons (Fsp3) is 0.412. The van der Waals surface area contributed by atoms with Gasteiger partial charge in [-0.2, -0.15) is 0 Å². The van der Waals surface area contributed by atoms with Gasteiger partial charge < -0.3 is 0 Å². The van der Waals surface area contributed by atoms with Gasteiger partial charge in [-0.25, -0.2) is 0 Å². The first kappa shape index (κ1) is 14.6. The predicted octanol–water partition coefficient (Wildman–Crippen LogP) is 3.77. The molecule has 1 atom stereocenters. The molecular weight excluding hydrogens is 345 g/mol. The van der Waals surface area contributed by atoms with Crippen molar-refractivity contribution >= 4 is 22.6 Å². The highest BCUT2D eigenvalue weighted by atomic mass is 127. The Morgan fingerprint density at radius 2 is 2.26 bits per heavy atom. The molecule has 1 nitrogen and oxygen atoms in total. The molecule has 1 heterocycles. The van der Waals surface area contributed by atoms with E-state index in [-0.39, 0.29) is 5.54 Å². The van der Waals surface area contributed by atoms with Crippen LogP contribution in [0.25, 0.3) is 0 Å². The lowest BCUT2D eigenvalue weighted by Crippen LogP contribution is -2.50. The molecule has 0 amide bonds. The normalized spacial score (nSPS) is 22.5. The number of benzene rings is 1. The van der Waals surface area contributed by atoms with Crippen LogP contribution in [0.5, 0.6) is 0 Å². The van der Waals surface area contributed by atoms with E-state index in [9.17, 15) is 0 Å². The van der Waals surface area contributed by atoms with Gasteiger partial charge in [0, 0.05) is 17.5 Å². The zero-order chi connectivity index (χ0) is 13.7. The molecule has 0 fully saturated rings. The van der Waals surface area contributed by atoms with Crippen LogP contribution in [0.1, 0.15) is 24.0 Å². The number of hydrogen-bond donors (Lipinski definition) is 0. The average molecular weight is 365 g/mol. The first-order valence-corrected chi connectivity index (χ1v) is 8.29. The first-order chi connectivity index (χ1) is 9.28. The maximum atomic E-state index is 5.99. The molecule has 2 rings (SSSR count). The smallest absolute Gasteiger partial charge is 0.108 e. The SMILES string of the molecule is C#CC1(CCC=C)c2ccccc2CCN1CCI. The van der Waals surface area contributed by atoms with Gasteiger partial charge in [-0.05, 0) is 30.4 Å². The summed E-state index contributed by atoms with van der Waals surface area (Å²) in [7, 11) is 0. The Labute approximate surface area is 130 Å². The van der Waals surface area contributed by atoms with Gasteiger partial charge in [0.25, 0.3) is 0 Å². The second-order valence-corrected chi connectivity index (χ2v) is 5.99. The molecule has 1 aromatic rings. The Morgan fingerprint density at radius 1 is 1.47 bits per heavy atom. The lowest BCUT2D eigenvalue weighted by atomic mass is 9.78. The van der Waals surface area contributed by atoms with Crippen LogP contribution in [0, 0.1) is 12.3 Å². The van der Waals surface area contributed by atoms with E-state index in [0.29, 0.717) is 0 Å². The third-order valence-corrected chi connectivity index (χ3v) is 4.44. The average Bonchev–Trinajstić information content (AvgIpc) is 2.46. The minimum atomic E-state index is -0.242. The molecule has 1 unspecified atom stereocenters. The van der Waals surface area contributed by atoms with Crippen molar-refractivity contribution in [3.8, 4) is 12.3 Å². The lowest BCUT2D eigenvalue weighted by Gasteiger charge is -2.45. The van der Waals surface area contributed by atoms with Gasteiger partial charge in [-0.1, -0.05) is 58.9 Å². The lowest BCUT2D eigenvalue weighted by molar-refractivity contribution is 0.127. The summed E-state index contributed by atoms with van der Waals surface area (Å²) in [5, 5.41) is 0. The zero-order valence-corrected chi connectivity index (χ0v) is 13.4. The Morgan fingerprint density at radius 3 is 2.95 bits per heavy atom. The highest BCUT2D eigenvalue weighted by Gasteiger charge is 2.39. The van der Waals surface area contributed by atoms with Crippen molar-refractivity contribution in [2.45, 2.75) is 24.8 Å². The van der Waals surface area contributed by atoms with Gasteiger partial charge in [0.1, 0.15) is 5.54 Å². The van der Waals surface area contributed by atoms with Crippen LogP contribution in [0.15, 0.2) is 36.9 Å². The molecule has 0 aromatic heterocycles. The van der Waals surface area contributed by atoms with Gasteiger partial charge in [0.15, 0.2) is 0 Å². The number of hydrogen-bond acceptors (Lipinski definition) is 1. The van der Waals surface area contributed by atoms with Crippen molar-refractivity contribution in [2.75, 3.05) is 17.5 Å². The Hall–Kier alpha value is -0.790. The summed E-state index contributed by atoms with van der Waals surface area (Å²) in [4.78, 5) is 2.48. The third kappa shape index (κ3) is 2.73. The van der Waals surface area contributed by atoms with E-state index in [4.69, 9.17) is 6.42 Å². The van der Waals surface area contributed by atoms with Crippen molar-refractivity contribution < 1.29 is 0 Å². The molecule has 0 N–H and O–H groups in total. The summed E-state index contributed by atoms with van der Waals surface area (Å²) in [5.41, 5.74) is 2.50. The largest absolute Gasteiger partial charge is 0.282 e. The van der Waals surface area contributed by atoms with E-state index in [1.54, 1.807) is 0 Å². The number of fused-ring (bicyclic) bond motifs is 1. The topological polar surface area (TPSA) is 3.24 Å². The Bertz CT molecular complexity index is 488. The molecule has 1 aliphatic heterocycles. The Kier molecular flexibility index (Phi) is 5.06. The van der Waals surface area contributed by atoms with Crippen molar-refractivity contribution in [1.82, 2.24) is 4.90 Å². The molecule has 1 aromatic carbocycles. The van der Waals surface area contributed by atoms with Crippen LogP contribution in [0.2, 0.25) is 0 Å². The molecule has 1 aliphatic rings. The van der Waals surface area contributed by atoms with Gasteiger partial charge in [0.05, 0.1) is 0 Å². The van der Waals surface area contributed by atoms with E-state index < -0.39 is 0 Å². The number of terminal acetylenes is 1. The van der Waals surface area contributed by atoms with E-state index in [0.717, 1.165) is 36.8 Å². The van der Waals surface area contributed by atoms with Crippen LogP contribution < -0.4 is 0 Å². The van der Waals surface area contributed by atoms with Crippen molar-refractivity contribution in [3.63, 3.8) is 0 Å². The van der Waals surface area contributed by atoms with Crippen molar-refractivity contribution in [2.24, 2.45) is 0 Å². The molecule has 0 radical (unpaired) electrons. The fourth-order valence-electron chi connectivity index (χ4n) is 3.01. The van der Waals surface area contributed by atoms with Crippen LogP contribution in [-0.4, -0.2) is 22.4 Å². The van der Waals surface area contributed by atoms with Gasteiger partial charge in [0.2, 0.25) is 0 Å². The van der Waals surface area contributed by atoms with Crippen LogP contribution in [-0.2, 0) is 12.0 Å². The molecule has 100 valence electrons. The van der Waals surface area contributed by atoms with Crippen LogP contribution in [0.4, 0.5) is 0 Å². The third-order valence-electron chi connectivity index (χ3n) is 3.96. The van der Waals surface area contributed by atoms with Gasteiger partial charge in [-0.15, -0.1) is 13.0 Å². The fourth-order valence-corrected chi connectivity index (χ4v) is 3.59. The number of nitrogens with zero attached hydrogens (tertiary/aromatic N) is 1. The maximum absolute atomic E-state index is 5.99. The first-order valence-electron chi connectivity index (χ1n) is 6.76. The number of allylic oxidation sites excluding steroid dienone is 1. The molecule has 0 aliphatic carbocycles. The van der Waals surface area contributed by atoms with Crippen molar-refractivity contribution in [1.29, 1.82) is 0 Å². The van der Waals surface area contributed by atoms with Crippen LogP contribution in [0.3, 0.4) is 0 Å². The zero-order valence-electron chi connectivity index (χ0n) is 11.2. The minimum Gasteiger partial charge on any atom is -0.282 e.